The summed E-state index contributed by atoms with van der Waals surface area (Å²) in [5.41, 5.74) is 2.20. The molecular weight excluding hydrogens is 282 g/mol. The van der Waals surface area contributed by atoms with Gasteiger partial charge in [-0.25, -0.2) is 0 Å². The minimum absolute atomic E-state index is 0.756. The maximum Gasteiger partial charge on any atom is 0.0847 e. The van der Waals surface area contributed by atoms with Crippen molar-refractivity contribution < 1.29 is 0 Å². The number of hydrogen-bond acceptors (Lipinski definition) is 2. The van der Waals surface area contributed by atoms with Crippen molar-refractivity contribution in [1.29, 1.82) is 0 Å². The van der Waals surface area contributed by atoms with Crippen LogP contribution in [0.4, 0.5) is 0 Å². The molecule has 0 bridgehead atoms. The number of aromatic nitrogens is 2. The molecule has 2 unspecified atom stereocenters. The molecule has 0 aromatic carbocycles. The zero-order valence-corrected chi connectivity index (χ0v) is 14.1. The number of hydrogen-bond donors (Lipinski definition) is 1. The van der Waals surface area contributed by atoms with Crippen molar-refractivity contribution >= 4 is 11.6 Å². The molecule has 4 heteroatoms. The number of rotatable bonds is 5. The van der Waals surface area contributed by atoms with Crippen LogP contribution in [0.25, 0.3) is 0 Å². The summed E-state index contributed by atoms with van der Waals surface area (Å²) in [7, 11) is 2.03. The largest absolute Gasteiger partial charge is 0.314 e. The van der Waals surface area contributed by atoms with Gasteiger partial charge in [0.05, 0.1) is 16.4 Å². The first-order chi connectivity index (χ1) is 10.1. The van der Waals surface area contributed by atoms with Gasteiger partial charge in [0.25, 0.3) is 0 Å². The Morgan fingerprint density at radius 3 is 2.48 bits per heavy atom. The summed E-state index contributed by atoms with van der Waals surface area (Å²) < 4.78 is 1.99. The number of aryl methyl sites for hydroxylation is 2. The number of nitrogens with one attached hydrogen (secondary N) is 1. The van der Waals surface area contributed by atoms with E-state index < -0.39 is 0 Å². The third kappa shape index (κ3) is 3.81. The van der Waals surface area contributed by atoms with Gasteiger partial charge >= 0.3 is 0 Å². The van der Waals surface area contributed by atoms with E-state index in [1.807, 2.05) is 18.7 Å². The van der Waals surface area contributed by atoms with E-state index in [9.17, 15) is 0 Å². The molecule has 0 saturated heterocycles. The van der Waals surface area contributed by atoms with Crippen LogP contribution in [0.2, 0.25) is 5.02 Å². The van der Waals surface area contributed by atoms with Crippen LogP contribution in [0.1, 0.15) is 56.3 Å². The van der Waals surface area contributed by atoms with Crippen LogP contribution in [0.5, 0.6) is 0 Å². The van der Waals surface area contributed by atoms with Gasteiger partial charge in [0.2, 0.25) is 0 Å². The van der Waals surface area contributed by atoms with E-state index in [-0.39, 0.29) is 0 Å². The number of nitrogens with zero attached hydrogens (tertiary/aromatic N) is 2. The molecule has 1 aromatic rings. The maximum absolute atomic E-state index is 6.46. The molecule has 118 valence electrons. The summed E-state index contributed by atoms with van der Waals surface area (Å²) in [6.07, 6.45) is 10.7. The summed E-state index contributed by atoms with van der Waals surface area (Å²) in [6.45, 7) is 3.20. The van der Waals surface area contributed by atoms with Gasteiger partial charge in [-0.1, -0.05) is 30.9 Å². The lowest BCUT2D eigenvalue weighted by atomic mass is 9.84. The van der Waals surface area contributed by atoms with Crippen molar-refractivity contribution in [2.24, 2.45) is 18.9 Å². The van der Waals surface area contributed by atoms with Crippen molar-refractivity contribution in [3.8, 4) is 0 Å². The summed E-state index contributed by atoms with van der Waals surface area (Å²) in [6, 6.07) is 0.816. The Bertz CT molecular complexity index is 479. The van der Waals surface area contributed by atoms with E-state index >= 15 is 0 Å². The van der Waals surface area contributed by atoms with Crippen LogP contribution in [0, 0.1) is 18.8 Å². The molecule has 2 atom stereocenters. The zero-order valence-electron chi connectivity index (χ0n) is 13.4. The van der Waals surface area contributed by atoms with Crippen molar-refractivity contribution in [2.45, 2.75) is 64.3 Å². The Kier molecular flexibility index (Phi) is 4.90. The quantitative estimate of drug-likeness (QED) is 0.837. The van der Waals surface area contributed by atoms with Crippen molar-refractivity contribution in [3.05, 3.63) is 16.4 Å². The monoisotopic (exact) mass is 309 g/mol. The average Bonchev–Trinajstić information content (AvgIpc) is 3.25. The second-order valence-electron chi connectivity index (χ2n) is 7.01. The predicted molar refractivity (Wildman–Crippen MR) is 87.7 cm³/mol. The van der Waals surface area contributed by atoms with Crippen molar-refractivity contribution in [2.75, 3.05) is 6.54 Å². The molecule has 2 saturated carbocycles. The van der Waals surface area contributed by atoms with Gasteiger partial charge < -0.3 is 5.32 Å². The fourth-order valence-corrected chi connectivity index (χ4v) is 3.99. The second-order valence-corrected chi connectivity index (χ2v) is 7.39. The fourth-order valence-electron chi connectivity index (χ4n) is 3.75. The lowest BCUT2D eigenvalue weighted by molar-refractivity contribution is 0.292. The molecule has 2 aliphatic rings. The molecule has 1 N–H and O–H groups in total. The molecule has 1 heterocycles. The van der Waals surface area contributed by atoms with Crippen molar-refractivity contribution in [1.82, 2.24) is 15.1 Å². The maximum atomic E-state index is 6.46. The summed E-state index contributed by atoms with van der Waals surface area (Å²) in [4.78, 5) is 0. The minimum Gasteiger partial charge on any atom is -0.314 e. The fraction of sp³-hybridized carbons (Fsp3) is 0.824. The second kappa shape index (κ2) is 6.70. The third-order valence-electron chi connectivity index (χ3n) is 5.28. The Morgan fingerprint density at radius 1 is 1.14 bits per heavy atom. The molecule has 3 nitrogen and oxygen atoms in total. The Labute approximate surface area is 133 Å². The van der Waals surface area contributed by atoms with Crippen LogP contribution in [-0.2, 0) is 13.5 Å². The first-order valence-electron chi connectivity index (χ1n) is 8.56. The Morgan fingerprint density at radius 2 is 1.86 bits per heavy atom. The highest BCUT2D eigenvalue weighted by atomic mass is 35.5. The van der Waals surface area contributed by atoms with E-state index in [2.05, 4.69) is 10.4 Å². The zero-order chi connectivity index (χ0) is 14.8. The van der Waals surface area contributed by atoms with Crippen LogP contribution >= 0.6 is 11.6 Å². The normalized spacial score (nSPS) is 26.8. The molecule has 2 aliphatic carbocycles. The highest BCUT2D eigenvalue weighted by Gasteiger charge is 2.28. The SMILES string of the molecule is Cc1nn(C)c(CC2CCCCCC2CNC2CC2)c1Cl. The highest BCUT2D eigenvalue weighted by molar-refractivity contribution is 6.31. The van der Waals surface area contributed by atoms with Crippen LogP contribution in [0.15, 0.2) is 0 Å². The molecule has 1 aromatic heterocycles. The van der Waals surface area contributed by atoms with Gasteiger partial charge in [-0.15, -0.1) is 0 Å². The van der Waals surface area contributed by atoms with Gasteiger partial charge in [-0.3, -0.25) is 4.68 Å². The molecule has 2 fully saturated rings. The number of halogens is 1. The highest BCUT2D eigenvalue weighted by Crippen LogP contribution is 2.34. The molecule has 0 amide bonds. The summed E-state index contributed by atoms with van der Waals surface area (Å²) in [5, 5.41) is 9.11. The lowest BCUT2D eigenvalue weighted by Gasteiger charge is -2.26. The first-order valence-corrected chi connectivity index (χ1v) is 8.94. The Balaban J connectivity index is 1.69. The third-order valence-corrected chi connectivity index (χ3v) is 5.77. The van der Waals surface area contributed by atoms with Gasteiger partial charge in [0, 0.05) is 13.1 Å². The van der Waals surface area contributed by atoms with Gasteiger partial charge in [0.15, 0.2) is 0 Å². The van der Waals surface area contributed by atoms with E-state index in [1.165, 1.54) is 57.2 Å². The van der Waals surface area contributed by atoms with Gasteiger partial charge in [-0.05, 0) is 57.4 Å². The van der Waals surface area contributed by atoms with E-state index in [0.717, 1.165) is 35.0 Å². The molecule has 0 spiro atoms. The van der Waals surface area contributed by atoms with E-state index in [1.54, 1.807) is 0 Å². The molecule has 3 rings (SSSR count). The lowest BCUT2D eigenvalue weighted by Crippen LogP contribution is -2.30. The topological polar surface area (TPSA) is 29.9 Å². The molecular formula is C17H28ClN3. The molecule has 21 heavy (non-hydrogen) atoms. The average molecular weight is 310 g/mol. The summed E-state index contributed by atoms with van der Waals surface area (Å²) in [5.74, 6) is 1.56. The smallest absolute Gasteiger partial charge is 0.0847 e. The minimum atomic E-state index is 0.756. The standard InChI is InChI=1S/C17H28ClN3/c1-12-17(18)16(21(2)20-12)10-13-6-4-3-5-7-14(13)11-19-15-8-9-15/h13-15,19H,3-11H2,1-2H3. The van der Waals surface area contributed by atoms with Crippen LogP contribution in [-0.4, -0.2) is 22.4 Å². The van der Waals surface area contributed by atoms with E-state index in [4.69, 9.17) is 11.6 Å². The van der Waals surface area contributed by atoms with Gasteiger partial charge in [-0.2, -0.15) is 5.10 Å². The van der Waals surface area contributed by atoms with Crippen LogP contribution < -0.4 is 5.32 Å². The molecule has 0 radical (unpaired) electrons. The predicted octanol–water partition coefficient (Wildman–Crippen LogP) is 3.87. The van der Waals surface area contributed by atoms with Crippen molar-refractivity contribution in [3.63, 3.8) is 0 Å². The molecule has 0 aliphatic heterocycles. The van der Waals surface area contributed by atoms with Gasteiger partial charge in [0.1, 0.15) is 0 Å². The summed E-state index contributed by atoms with van der Waals surface area (Å²) >= 11 is 6.46. The first kappa shape index (κ1) is 15.4. The van der Waals surface area contributed by atoms with Crippen LogP contribution in [0.3, 0.4) is 0 Å². The van der Waals surface area contributed by atoms with E-state index in [0.29, 0.717) is 0 Å². The Hall–Kier alpha value is -0.540.